The monoisotopic (exact) mass is 293 g/mol. The number of benzene rings is 1. The van der Waals surface area contributed by atoms with E-state index in [1.165, 1.54) is 0 Å². The number of carbonyl (C=O) groups excluding carboxylic acids is 1. The highest BCUT2D eigenvalue weighted by Crippen LogP contribution is 2.29. The summed E-state index contributed by atoms with van der Waals surface area (Å²) < 4.78 is 5.69. The van der Waals surface area contributed by atoms with Gasteiger partial charge < -0.3 is 10.1 Å². The Kier molecular flexibility index (Phi) is 4.16. The first-order valence-electron chi connectivity index (χ1n) is 7.35. The molecule has 0 radical (unpaired) electrons. The van der Waals surface area contributed by atoms with Gasteiger partial charge in [0.25, 0.3) is 0 Å². The van der Waals surface area contributed by atoms with Crippen molar-refractivity contribution in [2.24, 2.45) is 11.8 Å². The number of alkyl halides is 1. The second-order valence-electron chi connectivity index (χ2n) is 5.78. The molecule has 0 bridgehead atoms. The van der Waals surface area contributed by atoms with Crippen molar-refractivity contribution in [3.63, 3.8) is 0 Å². The van der Waals surface area contributed by atoms with Crippen molar-refractivity contribution >= 4 is 17.5 Å². The highest BCUT2D eigenvalue weighted by Gasteiger charge is 2.31. The highest BCUT2D eigenvalue weighted by molar-refractivity contribution is 6.18. The summed E-state index contributed by atoms with van der Waals surface area (Å²) in [6, 6.07) is 8.19. The Hall–Kier alpha value is -1.22. The SMILES string of the molecule is O=C(NC1CCCC1CCl)C1COc2ccccc2C1. The second kappa shape index (κ2) is 6.04. The molecule has 1 fully saturated rings. The predicted molar refractivity (Wildman–Crippen MR) is 79.1 cm³/mol. The van der Waals surface area contributed by atoms with Gasteiger partial charge in [0.2, 0.25) is 5.91 Å². The van der Waals surface area contributed by atoms with E-state index in [0.717, 1.165) is 37.0 Å². The Bertz CT molecular complexity index is 491. The molecule has 2 aliphatic rings. The first kappa shape index (κ1) is 13.7. The molecule has 20 heavy (non-hydrogen) atoms. The lowest BCUT2D eigenvalue weighted by Crippen LogP contribution is -2.44. The summed E-state index contributed by atoms with van der Waals surface area (Å²) in [5.74, 6) is 2.01. The van der Waals surface area contributed by atoms with E-state index in [2.05, 4.69) is 5.32 Å². The number of halogens is 1. The largest absolute Gasteiger partial charge is 0.492 e. The molecule has 0 spiro atoms. The average molecular weight is 294 g/mol. The number of para-hydroxylation sites is 1. The summed E-state index contributed by atoms with van der Waals surface area (Å²) in [5, 5.41) is 3.18. The van der Waals surface area contributed by atoms with Crippen molar-refractivity contribution in [2.75, 3.05) is 12.5 Å². The lowest BCUT2D eigenvalue weighted by Gasteiger charge is -2.27. The van der Waals surface area contributed by atoms with Crippen LogP contribution in [0.5, 0.6) is 5.75 Å². The number of rotatable bonds is 3. The lowest BCUT2D eigenvalue weighted by atomic mass is 9.95. The van der Waals surface area contributed by atoms with Crippen molar-refractivity contribution in [1.82, 2.24) is 5.32 Å². The molecule has 108 valence electrons. The minimum Gasteiger partial charge on any atom is -0.492 e. The van der Waals surface area contributed by atoms with Crippen molar-refractivity contribution < 1.29 is 9.53 Å². The smallest absolute Gasteiger partial charge is 0.227 e. The van der Waals surface area contributed by atoms with Gasteiger partial charge in [0.1, 0.15) is 12.4 Å². The molecule has 1 saturated carbocycles. The summed E-state index contributed by atoms with van der Waals surface area (Å²) in [6.45, 7) is 0.473. The Balaban J connectivity index is 1.61. The van der Waals surface area contributed by atoms with E-state index in [4.69, 9.17) is 16.3 Å². The van der Waals surface area contributed by atoms with Crippen LogP contribution in [0.2, 0.25) is 0 Å². The molecule has 1 N–H and O–H groups in total. The molecular formula is C16H20ClNO2. The number of hydrogen-bond acceptors (Lipinski definition) is 2. The molecule has 1 aromatic carbocycles. The number of carbonyl (C=O) groups is 1. The van der Waals surface area contributed by atoms with Gasteiger partial charge in [0, 0.05) is 11.9 Å². The molecule has 1 aliphatic carbocycles. The summed E-state index contributed by atoms with van der Waals surface area (Å²) in [7, 11) is 0. The second-order valence-corrected chi connectivity index (χ2v) is 6.09. The lowest BCUT2D eigenvalue weighted by molar-refractivity contribution is -0.127. The summed E-state index contributed by atoms with van der Waals surface area (Å²) in [5.41, 5.74) is 1.12. The van der Waals surface area contributed by atoms with Crippen molar-refractivity contribution in [1.29, 1.82) is 0 Å². The van der Waals surface area contributed by atoms with E-state index in [1.54, 1.807) is 0 Å². The van der Waals surface area contributed by atoms with Crippen LogP contribution in [0.3, 0.4) is 0 Å². The van der Waals surface area contributed by atoms with Crippen LogP contribution in [0.25, 0.3) is 0 Å². The Morgan fingerprint density at radius 2 is 2.20 bits per heavy atom. The number of hydrogen-bond donors (Lipinski definition) is 1. The van der Waals surface area contributed by atoms with E-state index in [-0.39, 0.29) is 17.9 Å². The van der Waals surface area contributed by atoms with Crippen LogP contribution in [-0.4, -0.2) is 24.4 Å². The zero-order valence-electron chi connectivity index (χ0n) is 11.5. The molecule has 0 aromatic heterocycles. The molecule has 3 nitrogen and oxygen atoms in total. The number of ether oxygens (including phenoxy) is 1. The molecule has 4 heteroatoms. The molecule has 1 aromatic rings. The summed E-state index contributed by atoms with van der Waals surface area (Å²) >= 11 is 5.96. The quantitative estimate of drug-likeness (QED) is 0.870. The normalized spacial score (nSPS) is 28.6. The first-order valence-corrected chi connectivity index (χ1v) is 7.88. The third-order valence-corrected chi connectivity index (χ3v) is 4.83. The zero-order chi connectivity index (χ0) is 13.9. The Morgan fingerprint density at radius 3 is 3.05 bits per heavy atom. The fourth-order valence-corrected chi connectivity index (χ4v) is 3.58. The van der Waals surface area contributed by atoms with E-state index >= 15 is 0 Å². The molecule has 1 amide bonds. The van der Waals surface area contributed by atoms with Gasteiger partial charge in [0.15, 0.2) is 0 Å². The van der Waals surface area contributed by atoms with Crippen LogP contribution in [0.4, 0.5) is 0 Å². The third kappa shape index (κ3) is 2.78. The van der Waals surface area contributed by atoms with E-state index in [1.807, 2.05) is 24.3 Å². The molecule has 3 rings (SSSR count). The maximum Gasteiger partial charge on any atom is 0.227 e. The molecule has 3 atom stereocenters. The van der Waals surface area contributed by atoms with Gasteiger partial charge in [-0.05, 0) is 36.8 Å². The molecular weight excluding hydrogens is 274 g/mol. The van der Waals surface area contributed by atoms with Crippen molar-refractivity contribution in [2.45, 2.75) is 31.7 Å². The fraction of sp³-hybridized carbons (Fsp3) is 0.562. The number of fused-ring (bicyclic) bond motifs is 1. The minimum absolute atomic E-state index is 0.0820. The number of amides is 1. The molecule has 0 saturated heterocycles. The van der Waals surface area contributed by atoms with Crippen LogP contribution in [0.1, 0.15) is 24.8 Å². The van der Waals surface area contributed by atoms with Crippen LogP contribution in [-0.2, 0) is 11.2 Å². The van der Waals surface area contributed by atoms with Crippen LogP contribution in [0.15, 0.2) is 24.3 Å². The summed E-state index contributed by atoms with van der Waals surface area (Å²) in [4.78, 5) is 12.4. The molecule has 3 unspecified atom stereocenters. The average Bonchev–Trinajstić information content (AvgIpc) is 2.94. The standard InChI is InChI=1S/C16H20ClNO2/c17-9-12-5-3-6-14(12)18-16(19)13-8-11-4-1-2-7-15(11)20-10-13/h1-2,4,7,12-14H,3,5-6,8-10H2,(H,18,19). The topological polar surface area (TPSA) is 38.3 Å². The van der Waals surface area contributed by atoms with Gasteiger partial charge in [-0.3, -0.25) is 4.79 Å². The van der Waals surface area contributed by atoms with Gasteiger partial charge in [-0.1, -0.05) is 24.6 Å². The van der Waals surface area contributed by atoms with Crippen molar-refractivity contribution in [3.05, 3.63) is 29.8 Å². The minimum atomic E-state index is -0.0820. The maximum atomic E-state index is 12.4. The van der Waals surface area contributed by atoms with Gasteiger partial charge >= 0.3 is 0 Å². The zero-order valence-corrected chi connectivity index (χ0v) is 12.2. The van der Waals surface area contributed by atoms with E-state index < -0.39 is 0 Å². The maximum absolute atomic E-state index is 12.4. The summed E-state index contributed by atoms with van der Waals surface area (Å²) in [6.07, 6.45) is 4.10. The van der Waals surface area contributed by atoms with E-state index in [0.29, 0.717) is 18.4 Å². The van der Waals surface area contributed by atoms with Gasteiger partial charge in [0.05, 0.1) is 5.92 Å². The van der Waals surface area contributed by atoms with Crippen molar-refractivity contribution in [3.8, 4) is 5.75 Å². The van der Waals surface area contributed by atoms with Crippen LogP contribution >= 0.6 is 11.6 Å². The number of nitrogens with one attached hydrogen (secondary N) is 1. The first-order chi connectivity index (χ1) is 9.78. The third-order valence-electron chi connectivity index (χ3n) is 4.43. The van der Waals surface area contributed by atoms with Crippen LogP contribution in [0, 0.1) is 11.8 Å². The van der Waals surface area contributed by atoms with Crippen LogP contribution < -0.4 is 10.1 Å². The van der Waals surface area contributed by atoms with E-state index in [9.17, 15) is 4.79 Å². The Morgan fingerprint density at radius 1 is 1.35 bits per heavy atom. The predicted octanol–water partition coefficient (Wildman–Crippen LogP) is 2.76. The highest BCUT2D eigenvalue weighted by atomic mass is 35.5. The Labute approximate surface area is 124 Å². The van der Waals surface area contributed by atoms with Gasteiger partial charge in [-0.15, -0.1) is 11.6 Å². The molecule has 1 aliphatic heterocycles. The van der Waals surface area contributed by atoms with Gasteiger partial charge in [-0.2, -0.15) is 0 Å². The fourth-order valence-electron chi connectivity index (χ4n) is 3.21. The van der Waals surface area contributed by atoms with Gasteiger partial charge in [-0.25, -0.2) is 0 Å². The molecule has 1 heterocycles.